The molecular formula is C28H22O2. The van der Waals surface area contributed by atoms with Crippen molar-refractivity contribution in [1.82, 2.24) is 0 Å². The van der Waals surface area contributed by atoms with E-state index in [1.165, 1.54) is 33.4 Å². The molecule has 0 N–H and O–H groups in total. The molecule has 2 unspecified atom stereocenters. The van der Waals surface area contributed by atoms with E-state index in [1.807, 2.05) is 12.5 Å². The highest BCUT2D eigenvalue weighted by atomic mass is 16.5. The third-order valence-corrected chi connectivity index (χ3v) is 6.46. The summed E-state index contributed by atoms with van der Waals surface area (Å²) in [6, 6.07) is 17.2. The van der Waals surface area contributed by atoms with Crippen molar-refractivity contribution in [1.29, 1.82) is 0 Å². The number of fused-ring (bicyclic) bond motifs is 4. The lowest BCUT2D eigenvalue weighted by Crippen LogP contribution is -2.23. The maximum atomic E-state index is 6.08. The Bertz CT molecular complexity index is 1110. The lowest BCUT2D eigenvalue weighted by molar-refractivity contribution is 0.351. The van der Waals surface area contributed by atoms with Gasteiger partial charge in [0.25, 0.3) is 0 Å². The first-order valence-electron chi connectivity index (χ1n) is 10.6. The molecule has 0 radical (unpaired) electrons. The van der Waals surface area contributed by atoms with Crippen LogP contribution in [-0.4, -0.2) is 0 Å². The molecule has 0 fully saturated rings. The van der Waals surface area contributed by atoms with Crippen LogP contribution in [-0.2, 0) is 9.47 Å². The summed E-state index contributed by atoms with van der Waals surface area (Å²) >= 11 is 0. The largest absolute Gasteiger partial charge is 0.465 e. The standard InChI is InChI=1S/C28H22O2/c1-3-9-21-19(7-1)15-17-29-25-13-5-11-23(27(21)25)24-12-6-14-26-28(24)22-10-4-2-8-20(22)16-18-30-26/h1-10,13-18,23-24H,11-12H2. The van der Waals surface area contributed by atoms with Crippen molar-refractivity contribution in [3.05, 3.63) is 119 Å². The number of benzene rings is 2. The van der Waals surface area contributed by atoms with Crippen LogP contribution in [0.5, 0.6) is 0 Å². The predicted octanol–water partition coefficient (Wildman–Crippen LogP) is 6.96. The highest BCUT2D eigenvalue weighted by Crippen LogP contribution is 2.49. The Morgan fingerprint density at radius 1 is 0.567 bits per heavy atom. The molecule has 2 aliphatic heterocycles. The Hall–Kier alpha value is -3.52. The van der Waals surface area contributed by atoms with Gasteiger partial charge in [0.05, 0.1) is 12.5 Å². The van der Waals surface area contributed by atoms with Gasteiger partial charge in [-0.25, -0.2) is 0 Å². The zero-order chi connectivity index (χ0) is 19.9. The van der Waals surface area contributed by atoms with Crippen molar-refractivity contribution in [2.24, 2.45) is 11.8 Å². The normalized spacial score (nSPS) is 23.5. The molecular weight excluding hydrogens is 368 g/mol. The first-order valence-corrected chi connectivity index (χ1v) is 10.6. The maximum absolute atomic E-state index is 6.08. The van der Waals surface area contributed by atoms with E-state index in [1.54, 1.807) is 0 Å². The molecule has 0 bridgehead atoms. The Balaban J connectivity index is 1.52. The van der Waals surface area contributed by atoms with Gasteiger partial charge in [-0.1, -0.05) is 60.7 Å². The van der Waals surface area contributed by atoms with Gasteiger partial charge >= 0.3 is 0 Å². The van der Waals surface area contributed by atoms with Crippen LogP contribution in [0.3, 0.4) is 0 Å². The first-order chi connectivity index (χ1) is 14.9. The zero-order valence-corrected chi connectivity index (χ0v) is 16.6. The van der Waals surface area contributed by atoms with E-state index in [0.717, 1.165) is 24.4 Å². The average Bonchev–Trinajstić information content (AvgIpc) is 3.11. The van der Waals surface area contributed by atoms with Crippen molar-refractivity contribution in [3.8, 4) is 0 Å². The molecule has 0 aromatic heterocycles. The van der Waals surface area contributed by atoms with Crippen LogP contribution in [0.25, 0.3) is 23.3 Å². The van der Waals surface area contributed by atoms with Crippen LogP contribution in [0.15, 0.2) is 96.9 Å². The molecule has 4 aliphatic rings. The molecule has 0 saturated heterocycles. The van der Waals surface area contributed by atoms with E-state index >= 15 is 0 Å². The van der Waals surface area contributed by atoms with Gasteiger partial charge in [-0.05, 0) is 71.2 Å². The van der Waals surface area contributed by atoms with E-state index in [-0.39, 0.29) is 0 Å². The molecule has 6 rings (SSSR count). The van der Waals surface area contributed by atoms with Gasteiger partial charge < -0.3 is 9.47 Å². The third-order valence-electron chi connectivity index (χ3n) is 6.46. The van der Waals surface area contributed by atoms with E-state index in [4.69, 9.17) is 9.47 Å². The molecule has 0 saturated carbocycles. The molecule has 2 aliphatic carbocycles. The minimum absolute atomic E-state index is 0.316. The molecule has 0 amide bonds. The lowest BCUT2D eigenvalue weighted by atomic mass is 9.69. The summed E-state index contributed by atoms with van der Waals surface area (Å²) in [4.78, 5) is 0. The van der Waals surface area contributed by atoms with Crippen LogP contribution in [0.1, 0.15) is 35.1 Å². The number of hydrogen-bond acceptors (Lipinski definition) is 2. The summed E-state index contributed by atoms with van der Waals surface area (Å²) in [6.45, 7) is 0. The van der Waals surface area contributed by atoms with Crippen molar-refractivity contribution < 1.29 is 9.47 Å². The third kappa shape index (κ3) is 2.72. The average molecular weight is 390 g/mol. The summed E-state index contributed by atoms with van der Waals surface area (Å²) in [5.74, 6) is 2.56. The van der Waals surface area contributed by atoms with Gasteiger partial charge in [-0.2, -0.15) is 0 Å². The Morgan fingerprint density at radius 2 is 1.03 bits per heavy atom. The topological polar surface area (TPSA) is 18.5 Å². The van der Waals surface area contributed by atoms with E-state index in [2.05, 4.69) is 85.0 Å². The van der Waals surface area contributed by atoms with Crippen LogP contribution < -0.4 is 0 Å². The smallest absolute Gasteiger partial charge is 0.130 e. The van der Waals surface area contributed by atoms with E-state index in [0.29, 0.717) is 11.8 Å². The summed E-state index contributed by atoms with van der Waals surface area (Å²) < 4.78 is 12.2. The van der Waals surface area contributed by atoms with Gasteiger partial charge in [-0.3, -0.25) is 0 Å². The Kier molecular flexibility index (Phi) is 4.09. The minimum Gasteiger partial charge on any atom is -0.465 e. The SMILES string of the molecule is C1=CC2=C(c3ccccc3C=CO2)C(C2CC=CC3=C2c2ccccc2C=CO3)C1. The molecule has 2 aromatic rings. The second-order valence-corrected chi connectivity index (χ2v) is 8.06. The van der Waals surface area contributed by atoms with Gasteiger partial charge in [0.2, 0.25) is 0 Å². The van der Waals surface area contributed by atoms with Gasteiger partial charge in [0.1, 0.15) is 11.5 Å². The second kappa shape index (κ2) is 7.07. The fourth-order valence-electron chi connectivity index (χ4n) is 5.16. The van der Waals surface area contributed by atoms with Gasteiger partial charge in [0.15, 0.2) is 0 Å². The molecule has 2 atom stereocenters. The van der Waals surface area contributed by atoms with Crippen LogP contribution >= 0.6 is 0 Å². The monoisotopic (exact) mass is 390 g/mol. The molecule has 2 heterocycles. The van der Waals surface area contributed by atoms with E-state index in [9.17, 15) is 0 Å². The van der Waals surface area contributed by atoms with Crippen molar-refractivity contribution in [2.75, 3.05) is 0 Å². The molecule has 2 aromatic carbocycles. The van der Waals surface area contributed by atoms with Gasteiger partial charge in [0, 0.05) is 11.1 Å². The summed E-state index contributed by atoms with van der Waals surface area (Å²) in [5.41, 5.74) is 7.58. The number of allylic oxidation sites excluding steroid dienone is 6. The van der Waals surface area contributed by atoms with Crippen molar-refractivity contribution in [3.63, 3.8) is 0 Å². The first kappa shape index (κ1) is 17.3. The van der Waals surface area contributed by atoms with Crippen LogP contribution in [0.4, 0.5) is 0 Å². The van der Waals surface area contributed by atoms with Gasteiger partial charge in [-0.15, -0.1) is 0 Å². The minimum atomic E-state index is 0.316. The molecule has 146 valence electrons. The zero-order valence-electron chi connectivity index (χ0n) is 16.6. The fourth-order valence-corrected chi connectivity index (χ4v) is 5.16. The lowest BCUT2D eigenvalue weighted by Gasteiger charge is -2.35. The van der Waals surface area contributed by atoms with E-state index < -0.39 is 0 Å². The highest BCUT2D eigenvalue weighted by Gasteiger charge is 2.36. The van der Waals surface area contributed by atoms with Crippen molar-refractivity contribution in [2.45, 2.75) is 12.8 Å². The molecule has 30 heavy (non-hydrogen) atoms. The molecule has 2 heteroatoms. The Labute approximate surface area is 176 Å². The quantitative estimate of drug-likeness (QED) is 0.524. The molecule has 2 nitrogen and oxygen atoms in total. The van der Waals surface area contributed by atoms with Crippen LogP contribution in [0, 0.1) is 11.8 Å². The maximum Gasteiger partial charge on any atom is 0.130 e. The molecule has 0 spiro atoms. The van der Waals surface area contributed by atoms with Crippen LogP contribution in [0.2, 0.25) is 0 Å². The van der Waals surface area contributed by atoms with Crippen molar-refractivity contribution >= 4 is 23.3 Å². The second-order valence-electron chi connectivity index (χ2n) is 8.06. The number of hydrogen-bond donors (Lipinski definition) is 0. The number of rotatable bonds is 1. The Morgan fingerprint density at radius 3 is 1.53 bits per heavy atom. The number of ether oxygens (including phenoxy) is 2. The fraction of sp³-hybridized carbons (Fsp3) is 0.143. The summed E-state index contributed by atoms with van der Waals surface area (Å²) in [7, 11) is 0. The summed E-state index contributed by atoms with van der Waals surface area (Å²) in [6.07, 6.45) is 18.5. The summed E-state index contributed by atoms with van der Waals surface area (Å²) in [5, 5.41) is 0. The predicted molar refractivity (Wildman–Crippen MR) is 121 cm³/mol. The highest BCUT2D eigenvalue weighted by molar-refractivity contribution is 5.85.